The third kappa shape index (κ3) is 6.48. The van der Waals surface area contributed by atoms with Gasteiger partial charge in [0.15, 0.2) is 0 Å². The van der Waals surface area contributed by atoms with E-state index in [0.29, 0.717) is 29.7 Å². The Morgan fingerprint density at radius 3 is 2.72 bits per heavy atom. The number of hydrogen-bond donors (Lipinski definition) is 1. The molecular formula is C28H35N7O3S. The minimum Gasteiger partial charge on any atom is -0.481 e. The van der Waals surface area contributed by atoms with Crippen LogP contribution in [0.15, 0.2) is 41.4 Å². The summed E-state index contributed by atoms with van der Waals surface area (Å²) in [4.78, 5) is 46.6. The highest BCUT2D eigenvalue weighted by Crippen LogP contribution is 2.30. The average molecular weight is 550 g/mol. The number of piperidine rings is 1. The molecule has 0 radical (unpaired) electrons. The summed E-state index contributed by atoms with van der Waals surface area (Å²) in [6.45, 7) is 4.16. The quantitative estimate of drug-likeness (QED) is 0.432. The molecule has 2 aliphatic heterocycles. The molecule has 39 heavy (non-hydrogen) atoms. The molecule has 0 atom stereocenters. The standard InChI is InChI=1S/C28H35N7O3S/c1-33(2)16-17-35(28(37)22-4-6-23-27(30-22)31-24(36)18-39-23)20-10-14-34(15-11-20)13-9-19-8-12-29-21-5-7-25(38-3)32-26(19)21/h4-8,12,20H,9-11,13-18H2,1-3H3,(H,30,31,36). The number of carbonyl (C=O) groups is 2. The van der Waals surface area contributed by atoms with Crippen LogP contribution in [0, 0.1) is 0 Å². The van der Waals surface area contributed by atoms with Crippen molar-refractivity contribution in [1.29, 1.82) is 0 Å². The molecule has 5 heterocycles. The molecule has 10 nitrogen and oxygen atoms in total. The van der Waals surface area contributed by atoms with Crippen LogP contribution in [0.2, 0.25) is 0 Å². The van der Waals surface area contributed by atoms with E-state index >= 15 is 0 Å². The van der Waals surface area contributed by atoms with Crippen molar-refractivity contribution >= 4 is 40.4 Å². The lowest BCUT2D eigenvalue weighted by atomic mass is 10.0. The van der Waals surface area contributed by atoms with E-state index < -0.39 is 0 Å². The van der Waals surface area contributed by atoms with E-state index in [0.717, 1.165) is 66.9 Å². The van der Waals surface area contributed by atoms with Crippen molar-refractivity contribution in [1.82, 2.24) is 29.7 Å². The van der Waals surface area contributed by atoms with Gasteiger partial charge in [0.25, 0.3) is 5.91 Å². The second-order valence-electron chi connectivity index (χ2n) is 10.2. The van der Waals surface area contributed by atoms with E-state index in [4.69, 9.17) is 4.74 Å². The van der Waals surface area contributed by atoms with Gasteiger partial charge in [-0.2, -0.15) is 0 Å². The number of carbonyl (C=O) groups excluding carboxylic acids is 2. The SMILES string of the molecule is COc1ccc2nccc(CCN3CCC(N(CCN(C)C)C(=O)c4ccc5c(n4)NC(=O)CS5)CC3)c2n1. The fraction of sp³-hybridized carbons (Fsp3) is 0.464. The van der Waals surface area contributed by atoms with Gasteiger partial charge in [0.1, 0.15) is 11.5 Å². The molecular weight excluding hydrogens is 514 g/mol. The van der Waals surface area contributed by atoms with Crippen molar-refractivity contribution in [2.24, 2.45) is 0 Å². The number of ether oxygens (including phenoxy) is 1. The van der Waals surface area contributed by atoms with Crippen LogP contribution in [0.4, 0.5) is 5.82 Å². The molecule has 2 aliphatic rings. The van der Waals surface area contributed by atoms with Gasteiger partial charge in [0.2, 0.25) is 11.8 Å². The minimum atomic E-state index is -0.0869. The van der Waals surface area contributed by atoms with Gasteiger partial charge >= 0.3 is 0 Å². The predicted molar refractivity (Wildman–Crippen MR) is 152 cm³/mol. The molecule has 0 unspecified atom stereocenters. The van der Waals surface area contributed by atoms with Gasteiger partial charge in [-0.25, -0.2) is 9.97 Å². The Morgan fingerprint density at radius 2 is 1.95 bits per heavy atom. The third-order valence-corrected chi connectivity index (χ3v) is 8.34. The first-order chi connectivity index (χ1) is 18.9. The van der Waals surface area contributed by atoms with E-state index in [-0.39, 0.29) is 17.9 Å². The number of likely N-dealkylation sites (N-methyl/N-ethyl adjacent to an activating group) is 1. The number of thioether (sulfide) groups is 1. The minimum absolute atomic E-state index is 0.0776. The average Bonchev–Trinajstić information content (AvgIpc) is 2.95. The fourth-order valence-corrected chi connectivity index (χ4v) is 5.85. The van der Waals surface area contributed by atoms with Crippen molar-refractivity contribution in [2.45, 2.75) is 30.2 Å². The Labute approximate surface area is 233 Å². The Balaban J connectivity index is 1.23. The van der Waals surface area contributed by atoms with Gasteiger partial charge in [-0.1, -0.05) is 0 Å². The molecule has 206 valence electrons. The molecule has 1 N–H and O–H groups in total. The van der Waals surface area contributed by atoms with Crippen molar-refractivity contribution < 1.29 is 14.3 Å². The summed E-state index contributed by atoms with van der Waals surface area (Å²) in [5, 5.41) is 2.80. The number of rotatable bonds is 9. The number of hydrogen-bond acceptors (Lipinski definition) is 9. The first-order valence-corrected chi connectivity index (χ1v) is 14.3. The first-order valence-electron chi connectivity index (χ1n) is 13.3. The molecule has 2 amide bonds. The Bertz CT molecular complexity index is 1340. The molecule has 3 aromatic heterocycles. The number of anilines is 1. The Kier molecular flexibility index (Phi) is 8.59. The molecule has 3 aromatic rings. The molecule has 11 heteroatoms. The molecule has 0 aliphatic carbocycles. The van der Waals surface area contributed by atoms with E-state index in [1.54, 1.807) is 13.2 Å². The first kappa shape index (κ1) is 27.3. The molecule has 0 spiro atoms. The number of fused-ring (bicyclic) bond motifs is 2. The van der Waals surface area contributed by atoms with E-state index in [2.05, 4.69) is 30.1 Å². The fourth-order valence-electron chi connectivity index (χ4n) is 5.10. The van der Waals surface area contributed by atoms with Gasteiger partial charge in [-0.05, 0) is 63.2 Å². The molecule has 1 saturated heterocycles. The maximum absolute atomic E-state index is 13.7. The van der Waals surface area contributed by atoms with Gasteiger partial charge < -0.3 is 24.8 Å². The van der Waals surface area contributed by atoms with Crippen molar-refractivity contribution in [3.63, 3.8) is 0 Å². The Morgan fingerprint density at radius 1 is 1.13 bits per heavy atom. The normalized spacial score (nSPS) is 16.3. The number of nitrogens with one attached hydrogen (secondary N) is 1. The molecule has 0 aromatic carbocycles. The van der Waals surface area contributed by atoms with Crippen LogP contribution < -0.4 is 10.1 Å². The predicted octanol–water partition coefficient (Wildman–Crippen LogP) is 2.79. The van der Waals surface area contributed by atoms with Gasteiger partial charge in [-0.15, -0.1) is 11.8 Å². The number of nitrogens with zero attached hydrogens (tertiary/aromatic N) is 6. The van der Waals surface area contributed by atoms with Crippen LogP contribution in [0.3, 0.4) is 0 Å². The zero-order chi connectivity index (χ0) is 27.4. The third-order valence-electron chi connectivity index (χ3n) is 7.29. The van der Waals surface area contributed by atoms with Crippen molar-refractivity contribution in [2.75, 3.05) is 65.0 Å². The second kappa shape index (κ2) is 12.3. The summed E-state index contributed by atoms with van der Waals surface area (Å²) < 4.78 is 5.32. The van der Waals surface area contributed by atoms with Crippen LogP contribution in [0.25, 0.3) is 11.0 Å². The van der Waals surface area contributed by atoms with Crippen LogP contribution in [-0.4, -0.2) is 107 Å². The van der Waals surface area contributed by atoms with Crippen molar-refractivity contribution in [3.05, 3.63) is 47.8 Å². The monoisotopic (exact) mass is 549 g/mol. The van der Waals surface area contributed by atoms with E-state index in [1.165, 1.54) is 11.8 Å². The largest absolute Gasteiger partial charge is 0.481 e. The summed E-state index contributed by atoms with van der Waals surface area (Å²) in [6, 6.07) is 9.63. The van der Waals surface area contributed by atoms with Gasteiger partial charge in [0.05, 0.1) is 28.8 Å². The van der Waals surface area contributed by atoms with Crippen molar-refractivity contribution in [3.8, 4) is 5.88 Å². The lowest BCUT2D eigenvalue weighted by Gasteiger charge is -2.39. The van der Waals surface area contributed by atoms with E-state index in [1.807, 2.05) is 49.5 Å². The Hall–Kier alpha value is -3.28. The summed E-state index contributed by atoms with van der Waals surface area (Å²) in [7, 11) is 5.66. The van der Waals surface area contributed by atoms with Crippen LogP contribution in [0.1, 0.15) is 28.9 Å². The topological polar surface area (TPSA) is 104 Å². The second-order valence-corrected chi connectivity index (χ2v) is 11.2. The molecule has 0 bridgehead atoms. The zero-order valence-electron chi connectivity index (χ0n) is 22.7. The lowest BCUT2D eigenvalue weighted by Crippen LogP contribution is -2.49. The van der Waals surface area contributed by atoms with E-state index in [9.17, 15) is 9.59 Å². The number of likely N-dealkylation sites (tertiary alicyclic amines) is 1. The number of methoxy groups -OCH3 is 1. The smallest absolute Gasteiger partial charge is 0.272 e. The number of amides is 2. The van der Waals surface area contributed by atoms with Crippen LogP contribution in [0.5, 0.6) is 5.88 Å². The number of aromatic nitrogens is 3. The molecule has 5 rings (SSSR count). The highest BCUT2D eigenvalue weighted by molar-refractivity contribution is 8.00. The maximum atomic E-state index is 13.7. The summed E-state index contributed by atoms with van der Waals surface area (Å²) >= 11 is 1.45. The molecule has 0 saturated carbocycles. The maximum Gasteiger partial charge on any atom is 0.272 e. The van der Waals surface area contributed by atoms with Crippen LogP contribution >= 0.6 is 11.8 Å². The highest BCUT2D eigenvalue weighted by atomic mass is 32.2. The zero-order valence-corrected chi connectivity index (χ0v) is 23.5. The van der Waals surface area contributed by atoms with Crippen LogP contribution in [-0.2, 0) is 11.2 Å². The summed E-state index contributed by atoms with van der Waals surface area (Å²) in [5.74, 6) is 1.29. The van der Waals surface area contributed by atoms with Gasteiger partial charge in [-0.3, -0.25) is 14.6 Å². The summed E-state index contributed by atoms with van der Waals surface area (Å²) in [5.41, 5.74) is 3.30. The lowest BCUT2D eigenvalue weighted by molar-refractivity contribution is -0.113. The van der Waals surface area contributed by atoms with Gasteiger partial charge in [0, 0.05) is 51.0 Å². The highest BCUT2D eigenvalue weighted by Gasteiger charge is 2.30. The molecule has 1 fully saturated rings. The summed E-state index contributed by atoms with van der Waals surface area (Å²) in [6.07, 6.45) is 4.51. The number of pyridine rings is 3.